The van der Waals surface area contributed by atoms with E-state index < -0.39 is 0 Å². The fraction of sp³-hybridized carbons (Fsp3) is 0.737. The minimum absolute atomic E-state index is 0.170. The van der Waals surface area contributed by atoms with E-state index in [9.17, 15) is 4.79 Å². The van der Waals surface area contributed by atoms with Gasteiger partial charge in [0.2, 0.25) is 5.91 Å². The monoisotopic (exact) mass is 350 g/mol. The number of thiophene rings is 1. The van der Waals surface area contributed by atoms with Gasteiger partial charge in [-0.2, -0.15) is 0 Å². The second-order valence-corrected chi connectivity index (χ2v) is 8.35. The number of hydrogen-bond donors (Lipinski definition) is 1. The number of nitrogens with zero attached hydrogens (tertiary/aromatic N) is 1. The van der Waals surface area contributed by atoms with Crippen LogP contribution in [0.15, 0.2) is 17.5 Å². The molecule has 134 valence electrons. The number of amides is 1. The molecule has 4 nitrogen and oxygen atoms in total. The first-order chi connectivity index (χ1) is 11.7. The Morgan fingerprint density at radius 2 is 2.21 bits per heavy atom. The molecule has 0 bridgehead atoms. The molecule has 3 rings (SSSR count). The van der Waals surface area contributed by atoms with Gasteiger partial charge in [0.05, 0.1) is 12.6 Å². The summed E-state index contributed by atoms with van der Waals surface area (Å²) in [6, 6.07) is 4.58. The molecule has 1 amide bonds. The van der Waals surface area contributed by atoms with Gasteiger partial charge < -0.3 is 10.1 Å². The highest BCUT2D eigenvalue weighted by atomic mass is 32.1. The average molecular weight is 351 g/mol. The lowest BCUT2D eigenvalue weighted by molar-refractivity contribution is -0.124. The van der Waals surface area contributed by atoms with Crippen molar-refractivity contribution in [2.75, 3.05) is 19.7 Å². The Morgan fingerprint density at radius 1 is 1.33 bits per heavy atom. The molecule has 2 heterocycles. The maximum absolute atomic E-state index is 12.6. The van der Waals surface area contributed by atoms with E-state index in [0.717, 1.165) is 39.0 Å². The van der Waals surface area contributed by atoms with Gasteiger partial charge in [-0.1, -0.05) is 25.8 Å². The SMILES string of the molecule is CC1CCCCC1NC(=O)CN(Cc1cccs1)CC1CCCO1. The molecule has 3 atom stereocenters. The third-order valence-corrected chi connectivity index (χ3v) is 6.13. The van der Waals surface area contributed by atoms with Gasteiger partial charge in [-0.05, 0) is 43.0 Å². The summed E-state index contributed by atoms with van der Waals surface area (Å²) in [5, 5.41) is 5.39. The van der Waals surface area contributed by atoms with Gasteiger partial charge in [0.15, 0.2) is 0 Å². The summed E-state index contributed by atoms with van der Waals surface area (Å²) in [6.07, 6.45) is 7.45. The van der Waals surface area contributed by atoms with Gasteiger partial charge in [0.25, 0.3) is 0 Å². The van der Waals surface area contributed by atoms with Gasteiger partial charge >= 0.3 is 0 Å². The molecule has 0 spiro atoms. The smallest absolute Gasteiger partial charge is 0.234 e. The minimum Gasteiger partial charge on any atom is -0.377 e. The van der Waals surface area contributed by atoms with Crippen molar-refractivity contribution in [3.8, 4) is 0 Å². The quantitative estimate of drug-likeness (QED) is 0.819. The van der Waals surface area contributed by atoms with Crippen molar-refractivity contribution < 1.29 is 9.53 Å². The molecule has 1 saturated heterocycles. The van der Waals surface area contributed by atoms with Crippen molar-refractivity contribution in [1.82, 2.24) is 10.2 Å². The van der Waals surface area contributed by atoms with Crippen molar-refractivity contribution in [2.45, 2.75) is 64.1 Å². The topological polar surface area (TPSA) is 41.6 Å². The van der Waals surface area contributed by atoms with E-state index in [1.807, 2.05) is 0 Å². The van der Waals surface area contributed by atoms with Gasteiger partial charge in [-0.15, -0.1) is 11.3 Å². The van der Waals surface area contributed by atoms with Crippen LogP contribution in [0.4, 0.5) is 0 Å². The summed E-state index contributed by atoms with van der Waals surface area (Å²) in [5.41, 5.74) is 0. The highest BCUT2D eigenvalue weighted by Gasteiger charge is 2.25. The van der Waals surface area contributed by atoms with E-state index in [4.69, 9.17) is 4.74 Å². The molecule has 24 heavy (non-hydrogen) atoms. The fourth-order valence-corrected chi connectivity index (χ4v) is 4.62. The van der Waals surface area contributed by atoms with Gasteiger partial charge in [0.1, 0.15) is 0 Å². The van der Waals surface area contributed by atoms with E-state index in [1.54, 1.807) is 11.3 Å². The third kappa shape index (κ3) is 5.30. The molecular formula is C19H30N2O2S. The number of ether oxygens (including phenoxy) is 1. The largest absolute Gasteiger partial charge is 0.377 e. The van der Waals surface area contributed by atoms with Crippen LogP contribution in [0.5, 0.6) is 0 Å². The van der Waals surface area contributed by atoms with Crippen molar-refractivity contribution in [3.63, 3.8) is 0 Å². The average Bonchev–Trinajstić information content (AvgIpc) is 3.23. The zero-order chi connectivity index (χ0) is 16.8. The van der Waals surface area contributed by atoms with Crippen LogP contribution in [0.1, 0.15) is 50.3 Å². The molecule has 1 saturated carbocycles. The Bertz CT molecular complexity index is 499. The van der Waals surface area contributed by atoms with Crippen LogP contribution >= 0.6 is 11.3 Å². The van der Waals surface area contributed by atoms with Crippen LogP contribution < -0.4 is 5.32 Å². The molecule has 1 aliphatic heterocycles. The van der Waals surface area contributed by atoms with Crippen LogP contribution in [0.3, 0.4) is 0 Å². The summed E-state index contributed by atoms with van der Waals surface area (Å²) in [5.74, 6) is 0.773. The van der Waals surface area contributed by atoms with Crippen LogP contribution in [0.2, 0.25) is 0 Å². The van der Waals surface area contributed by atoms with Crippen molar-refractivity contribution in [2.24, 2.45) is 5.92 Å². The number of carbonyl (C=O) groups excluding carboxylic acids is 1. The lowest BCUT2D eigenvalue weighted by atomic mass is 9.86. The second kappa shape index (κ2) is 8.97. The lowest BCUT2D eigenvalue weighted by Gasteiger charge is -2.31. The molecule has 1 aromatic rings. The van der Waals surface area contributed by atoms with Crippen molar-refractivity contribution in [1.29, 1.82) is 0 Å². The molecule has 1 N–H and O–H groups in total. The van der Waals surface area contributed by atoms with Gasteiger partial charge in [-0.3, -0.25) is 9.69 Å². The minimum atomic E-state index is 0.170. The number of rotatable bonds is 7. The lowest BCUT2D eigenvalue weighted by Crippen LogP contribution is -2.46. The Morgan fingerprint density at radius 3 is 2.92 bits per heavy atom. The standard InChI is InChI=1S/C19H30N2O2S/c1-15-6-2-3-9-18(15)20-19(22)14-21(12-16-7-4-10-23-16)13-17-8-5-11-24-17/h5,8,11,15-16,18H,2-4,6-7,9-10,12-14H2,1H3,(H,20,22). The second-order valence-electron chi connectivity index (χ2n) is 7.32. The molecule has 1 aliphatic carbocycles. The summed E-state index contributed by atoms with van der Waals surface area (Å²) >= 11 is 1.76. The Labute approximate surface area is 149 Å². The van der Waals surface area contributed by atoms with E-state index in [0.29, 0.717) is 18.5 Å². The first-order valence-corrected chi connectivity index (χ1v) is 10.2. The molecule has 3 unspecified atom stereocenters. The highest BCUT2D eigenvalue weighted by molar-refractivity contribution is 7.09. The fourth-order valence-electron chi connectivity index (χ4n) is 3.87. The molecule has 0 aromatic carbocycles. The summed E-state index contributed by atoms with van der Waals surface area (Å²) < 4.78 is 5.78. The predicted octanol–water partition coefficient (Wildman–Crippen LogP) is 3.42. The van der Waals surface area contributed by atoms with Crippen molar-refractivity contribution in [3.05, 3.63) is 22.4 Å². The van der Waals surface area contributed by atoms with E-state index >= 15 is 0 Å². The molecule has 2 aliphatic rings. The maximum atomic E-state index is 12.6. The van der Waals surface area contributed by atoms with E-state index in [1.165, 1.54) is 24.1 Å². The van der Waals surface area contributed by atoms with Gasteiger partial charge in [-0.25, -0.2) is 0 Å². The highest BCUT2D eigenvalue weighted by Crippen LogP contribution is 2.24. The zero-order valence-electron chi connectivity index (χ0n) is 14.7. The zero-order valence-corrected chi connectivity index (χ0v) is 15.5. The number of hydrogen-bond acceptors (Lipinski definition) is 4. The summed E-state index contributed by atoms with van der Waals surface area (Å²) in [4.78, 5) is 16.1. The number of nitrogens with one attached hydrogen (secondary N) is 1. The van der Waals surface area contributed by atoms with Crippen molar-refractivity contribution >= 4 is 17.2 Å². The maximum Gasteiger partial charge on any atom is 0.234 e. The predicted molar refractivity (Wildman–Crippen MR) is 98.1 cm³/mol. The molecule has 1 aromatic heterocycles. The van der Waals surface area contributed by atoms with Gasteiger partial charge in [0, 0.05) is 30.6 Å². The van der Waals surface area contributed by atoms with E-state index in [-0.39, 0.29) is 12.0 Å². The Hall–Kier alpha value is -0.910. The number of carbonyl (C=O) groups is 1. The van der Waals surface area contributed by atoms with Crippen LogP contribution in [-0.4, -0.2) is 42.6 Å². The molecule has 2 fully saturated rings. The molecule has 5 heteroatoms. The van der Waals surface area contributed by atoms with Crippen LogP contribution in [-0.2, 0) is 16.1 Å². The molecule has 0 radical (unpaired) electrons. The first kappa shape index (κ1) is 17.9. The third-order valence-electron chi connectivity index (χ3n) is 5.27. The Balaban J connectivity index is 1.54. The first-order valence-electron chi connectivity index (χ1n) is 9.36. The molecular weight excluding hydrogens is 320 g/mol. The van der Waals surface area contributed by atoms with Crippen LogP contribution in [0.25, 0.3) is 0 Å². The van der Waals surface area contributed by atoms with E-state index in [2.05, 4.69) is 34.7 Å². The summed E-state index contributed by atoms with van der Waals surface area (Å²) in [7, 11) is 0. The summed E-state index contributed by atoms with van der Waals surface area (Å²) in [6.45, 7) is 5.29. The normalized spacial score (nSPS) is 27.5. The Kier molecular flexibility index (Phi) is 6.69. The van der Waals surface area contributed by atoms with Crippen LogP contribution in [0, 0.1) is 5.92 Å².